The molecule has 0 fully saturated rings. The maximum atomic E-state index is 2.49. The van der Waals surface area contributed by atoms with E-state index in [-0.39, 0.29) is 0 Å². The van der Waals surface area contributed by atoms with Crippen molar-refractivity contribution in [2.75, 3.05) is 11.9 Å². The lowest BCUT2D eigenvalue weighted by Crippen LogP contribution is -2.58. The molecule has 0 radical (unpaired) electrons. The Hall–Kier alpha value is -4.92. The van der Waals surface area contributed by atoms with Crippen LogP contribution in [0.15, 0.2) is 140 Å². The Morgan fingerprint density at radius 2 is 0.977 bits per heavy atom. The molecule has 0 spiro atoms. The molecule has 0 bridgehead atoms. The van der Waals surface area contributed by atoms with Gasteiger partial charge in [0.2, 0.25) is 0 Å². The lowest BCUT2D eigenvalue weighted by atomic mass is 9.85. The first-order valence-electron chi connectivity index (χ1n) is 15.5. The van der Waals surface area contributed by atoms with E-state index in [1.165, 1.54) is 82.2 Å². The summed E-state index contributed by atoms with van der Waals surface area (Å²) in [6.07, 6.45) is 0. The van der Waals surface area contributed by atoms with Crippen LogP contribution < -0.4 is 15.3 Å². The summed E-state index contributed by atoms with van der Waals surface area (Å²) in [5.74, 6) is 0. The van der Waals surface area contributed by atoms with E-state index in [0.717, 1.165) is 0 Å². The molecule has 0 saturated heterocycles. The van der Waals surface area contributed by atoms with Crippen molar-refractivity contribution in [3.8, 4) is 33.4 Å². The summed E-state index contributed by atoms with van der Waals surface area (Å²) in [6, 6.07) is 51.9. The zero-order valence-electron chi connectivity index (χ0n) is 25.7. The highest BCUT2D eigenvalue weighted by atomic mass is 28.3. The number of fused-ring (bicyclic) bond motifs is 4. The highest BCUT2D eigenvalue weighted by Gasteiger charge is 2.37. The largest absolute Gasteiger partial charge is 0.345 e. The van der Waals surface area contributed by atoms with Gasteiger partial charge in [-0.2, -0.15) is 0 Å². The number of aryl methyl sites for hydroxylation is 1. The second-order valence-corrected chi connectivity index (χ2v) is 17.0. The molecule has 0 unspecified atom stereocenters. The number of anilines is 2. The Morgan fingerprint density at radius 3 is 1.73 bits per heavy atom. The molecular weight excluding hydrogens is 547 g/mol. The van der Waals surface area contributed by atoms with Crippen LogP contribution in [0.2, 0.25) is 13.1 Å². The number of rotatable bonds is 3. The predicted octanol–water partition coefficient (Wildman–Crippen LogP) is 10.2. The van der Waals surface area contributed by atoms with E-state index in [4.69, 9.17) is 0 Å². The molecular formula is C42H35NSi. The number of para-hydroxylation sites is 1. The number of hydrogen-bond donors (Lipinski definition) is 0. The van der Waals surface area contributed by atoms with Crippen molar-refractivity contribution in [3.05, 3.63) is 145 Å². The van der Waals surface area contributed by atoms with Gasteiger partial charge in [-0.1, -0.05) is 146 Å². The van der Waals surface area contributed by atoms with Crippen LogP contribution in [0, 0.1) is 6.92 Å². The number of benzene rings is 7. The van der Waals surface area contributed by atoms with E-state index in [9.17, 15) is 0 Å². The molecule has 0 atom stereocenters. The molecule has 0 aliphatic carbocycles. The fourth-order valence-electron chi connectivity index (χ4n) is 7.44. The summed E-state index contributed by atoms with van der Waals surface area (Å²) >= 11 is 0. The second kappa shape index (κ2) is 10.1. The zero-order valence-corrected chi connectivity index (χ0v) is 26.7. The topological polar surface area (TPSA) is 3.24 Å². The lowest BCUT2D eigenvalue weighted by molar-refractivity contribution is 1.21. The molecule has 2 heteroatoms. The number of hydrogen-bond acceptors (Lipinski definition) is 1. The first-order chi connectivity index (χ1) is 21.4. The van der Waals surface area contributed by atoms with Gasteiger partial charge >= 0.3 is 0 Å². The summed E-state index contributed by atoms with van der Waals surface area (Å²) in [4.78, 5) is 2.41. The van der Waals surface area contributed by atoms with Gasteiger partial charge in [-0.05, 0) is 84.4 Å². The van der Waals surface area contributed by atoms with E-state index in [1.807, 2.05) is 0 Å². The Balaban J connectivity index is 1.37. The monoisotopic (exact) mass is 581 g/mol. The molecule has 0 N–H and O–H groups in total. The van der Waals surface area contributed by atoms with E-state index in [2.05, 4.69) is 171 Å². The van der Waals surface area contributed by atoms with E-state index >= 15 is 0 Å². The van der Waals surface area contributed by atoms with E-state index in [1.54, 1.807) is 0 Å². The first-order valence-corrected chi connectivity index (χ1v) is 18.5. The quantitative estimate of drug-likeness (QED) is 0.148. The van der Waals surface area contributed by atoms with Gasteiger partial charge in [0, 0.05) is 18.4 Å². The lowest BCUT2D eigenvalue weighted by Gasteiger charge is -2.39. The molecule has 44 heavy (non-hydrogen) atoms. The molecule has 0 aromatic heterocycles. The average Bonchev–Trinajstić information content (AvgIpc) is 3.06. The Bertz CT molecular complexity index is 2210. The molecule has 7 aromatic rings. The first kappa shape index (κ1) is 26.7. The SMILES string of the molecule is Cc1ccc2c(-c3ccc(-c4ccccc4)cc3)c3ccccc3c(-c3ccc4c(c3)N(C)c3ccccc3[Si]4(C)C)c2c1. The molecule has 1 aliphatic heterocycles. The van der Waals surface area contributed by atoms with Crippen LogP contribution in [0.25, 0.3) is 54.9 Å². The highest BCUT2D eigenvalue weighted by molar-refractivity contribution is 7.02. The van der Waals surface area contributed by atoms with Crippen LogP contribution in [0.1, 0.15) is 5.56 Å². The highest BCUT2D eigenvalue weighted by Crippen LogP contribution is 2.45. The second-order valence-electron chi connectivity index (χ2n) is 12.7. The van der Waals surface area contributed by atoms with Gasteiger partial charge < -0.3 is 4.90 Å². The fourth-order valence-corrected chi connectivity index (χ4v) is 10.5. The zero-order chi connectivity index (χ0) is 30.0. The van der Waals surface area contributed by atoms with Crippen molar-refractivity contribution in [1.29, 1.82) is 0 Å². The fraction of sp³-hybridized carbons (Fsp3) is 0.0952. The van der Waals surface area contributed by atoms with Crippen LogP contribution in [-0.4, -0.2) is 15.1 Å². The smallest absolute Gasteiger partial charge is 0.117 e. The van der Waals surface area contributed by atoms with Gasteiger partial charge in [0.1, 0.15) is 8.07 Å². The third-order valence-electron chi connectivity index (χ3n) is 9.72. The minimum absolute atomic E-state index is 1.24. The van der Waals surface area contributed by atoms with Crippen LogP contribution in [0.4, 0.5) is 11.4 Å². The molecule has 212 valence electrons. The van der Waals surface area contributed by atoms with Crippen LogP contribution in [-0.2, 0) is 0 Å². The van der Waals surface area contributed by atoms with Gasteiger partial charge in [-0.3, -0.25) is 0 Å². The van der Waals surface area contributed by atoms with Crippen molar-refractivity contribution in [2.24, 2.45) is 0 Å². The minimum atomic E-state index is -1.84. The van der Waals surface area contributed by atoms with E-state index in [0.29, 0.717) is 0 Å². The molecule has 1 heterocycles. The van der Waals surface area contributed by atoms with Crippen molar-refractivity contribution >= 4 is 51.4 Å². The standard InChI is InChI=1S/C42H35NSi/c1-28-18-24-35-36(26-28)42(32-23-25-40-38(27-32)43(2)37-16-10-11-17-39(37)44(40,3)4)34-15-9-8-14-33(34)41(35)31-21-19-30(20-22-31)29-12-6-5-7-13-29/h5-27H,1-4H3. The maximum Gasteiger partial charge on any atom is 0.117 e. The summed E-state index contributed by atoms with van der Waals surface area (Å²) in [6.45, 7) is 7.19. The Morgan fingerprint density at radius 1 is 0.432 bits per heavy atom. The summed E-state index contributed by atoms with van der Waals surface area (Å²) in [7, 11) is 0.392. The van der Waals surface area contributed by atoms with E-state index < -0.39 is 8.07 Å². The Labute approximate surface area is 261 Å². The van der Waals surface area contributed by atoms with Crippen LogP contribution in [0.5, 0.6) is 0 Å². The van der Waals surface area contributed by atoms with Crippen LogP contribution >= 0.6 is 0 Å². The van der Waals surface area contributed by atoms with Gasteiger partial charge in [0.25, 0.3) is 0 Å². The van der Waals surface area contributed by atoms with Crippen molar-refractivity contribution in [3.63, 3.8) is 0 Å². The third kappa shape index (κ3) is 4.06. The maximum absolute atomic E-state index is 2.49. The van der Waals surface area contributed by atoms with Gasteiger partial charge in [-0.25, -0.2) is 0 Å². The number of nitrogens with zero attached hydrogens (tertiary/aromatic N) is 1. The average molecular weight is 582 g/mol. The molecule has 7 aromatic carbocycles. The summed E-state index contributed by atoms with van der Waals surface area (Å²) in [5, 5.41) is 8.20. The van der Waals surface area contributed by atoms with Crippen molar-refractivity contribution < 1.29 is 0 Å². The van der Waals surface area contributed by atoms with Crippen LogP contribution in [0.3, 0.4) is 0 Å². The molecule has 0 saturated carbocycles. The molecule has 1 aliphatic rings. The van der Waals surface area contributed by atoms with Crippen molar-refractivity contribution in [2.45, 2.75) is 20.0 Å². The predicted molar refractivity (Wildman–Crippen MR) is 194 cm³/mol. The minimum Gasteiger partial charge on any atom is -0.345 e. The Kier molecular flexibility index (Phi) is 6.11. The van der Waals surface area contributed by atoms with Gasteiger partial charge in [0.15, 0.2) is 0 Å². The molecule has 0 amide bonds. The summed E-state index contributed by atoms with van der Waals surface area (Å²) < 4.78 is 0. The van der Waals surface area contributed by atoms with Gasteiger partial charge in [-0.15, -0.1) is 0 Å². The van der Waals surface area contributed by atoms with Gasteiger partial charge in [0.05, 0.1) is 0 Å². The normalized spacial score (nSPS) is 13.6. The molecule has 1 nitrogen and oxygen atoms in total. The summed E-state index contributed by atoms with van der Waals surface area (Å²) in [5.41, 5.74) is 11.6. The third-order valence-corrected chi connectivity index (χ3v) is 13.3. The molecule has 8 rings (SSSR count). The van der Waals surface area contributed by atoms with Crippen molar-refractivity contribution in [1.82, 2.24) is 0 Å².